The second-order valence-corrected chi connectivity index (χ2v) is 8.24. The van der Waals surface area contributed by atoms with Gasteiger partial charge in [-0.15, -0.1) is 0 Å². The maximum absolute atomic E-state index is 10.1. The molecule has 0 aliphatic rings. The van der Waals surface area contributed by atoms with Gasteiger partial charge < -0.3 is 10.2 Å². The first-order valence-corrected chi connectivity index (χ1v) is 12.9. The summed E-state index contributed by atoms with van der Waals surface area (Å²) in [6.45, 7) is 9.02. The van der Waals surface area contributed by atoms with E-state index >= 15 is 0 Å². The molecule has 0 aromatic carbocycles. The standard InChI is InChI=1S/C10H18O4.2C8H18/c11-9(12)7-5-3-1-2-4-6-8-10(13)14;2*1-3-5-7-8-6-4-2/h1-8H2,(H,11,12)(H,13,14);2*3-8H2,1-2H3. The quantitative estimate of drug-likeness (QED) is 0.200. The van der Waals surface area contributed by atoms with Gasteiger partial charge in [-0.2, -0.15) is 0 Å². The van der Waals surface area contributed by atoms with Gasteiger partial charge in [0.2, 0.25) is 0 Å². The molecule has 0 aromatic rings. The van der Waals surface area contributed by atoms with Gasteiger partial charge in [-0.3, -0.25) is 9.59 Å². The summed E-state index contributed by atoms with van der Waals surface area (Å²) in [5.41, 5.74) is 0. The van der Waals surface area contributed by atoms with Crippen LogP contribution in [0.1, 0.15) is 156 Å². The summed E-state index contributed by atoms with van der Waals surface area (Å²) in [7, 11) is 0. The first-order valence-electron chi connectivity index (χ1n) is 12.9. The molecule has 0 aliphatic heterocycles. The highest BCUT2D eigenvalue weighted by molar-refractivity contribution is 5.66. The predicted octanol–water partition coefficient (Wildman–Crippen LogP) is 9.01. The van der Waals surface area contributed by atoms with Crippen molar-refractivity contribution in [2.45, 2.75) is 156 Å². The average Bonchev–Trinajstić information content (AvgIpc) is 2.71. The lowest BCUT2D eigenvalue weighted by atomic mass is 10.1. The number of carboxylic acids is 2. The predicted molar refractivity (Wildman–Crippen MR) is 130 cm³/mol. The van der Waals surface area contributed by atoms with Crippen molar-refractivity contribution in [3.05, 3.63) is 0 Å². The fraction of sp³-hybridized carbons (Fsp3) is 0.923. The summed E-state index contributed by atoms with van der Waals surface area (Å²) in [5.74, 6) is -1.48. The number of hydrogen-bond acceptors (Lipinski definition) is 2. The third kappa shape index (κ3) is 45.6. The van der Waals surface area contributed by atoms with Crippen molar-refractivity contribution in [2.75, 3.05) is 0 Å². The van der Waals surface area contributed by atoms with Gasteiger partial charge in [0.25, 0.3) is 0 Å². The van der Waals surface area contributed by atoms with Crippen LogP contribution in [0.4, 0.5) is 0 Å². The molecule has 0 bridgehead atoms. The Labute approximate surface area is 188 Å². The molecule has 0 atom stereocenters. The van der Waals surface area contributed by atoms with E-state index in [1.165, 1.54) is 77.0 Å². The zero-order valence-electron chi connectivity index (χ0n) is 20.9. The summed E-state index contributed by atoms with van der Waals surface area (Å²) in [6.07, 6.45) is 22.8. The van der Waals surface area contributed by atoms with Crippen LogP contribution in [0.2, 0.25) is 0 Å². The molecule has 2 N–H and O–H groups in total. The van der Waals surface area contributed by atoms with Crippen LogP contribution in [0.5, 0.6) is 0 Å². The number of hydrogen-bond donors (Lipinski definition) is 2. The Morgan fingerprint density at radius 2 is 0.600 bits per heavy atom. The molecule has 0 radical (unpaired) electrons. The second kappa shape index (κ2) is 32.6. The molecule has 0 saturated heterocycles. The Balaban J connectivity index is -0.000000391. The van der Waals surface area contributed by atoms with E-state index in [1.807, 2.05) is 0 Å². The number of aliphatic carboxylic acids is 2. The first kappa shape index (κ1) is 33.6. The minimum Gasteiger partial charge on any atom is -0.481 e. The van der Waals surface area contributed by atoms with Gasteiger partial charge in [-0.1, -0.05) is 130 Å². The van der Waals surface area contributed by atoms with Crippen molar-refractivity contribution in [2.24, 2.45) is 0 Å². The highest BCUT2D eigenvalue weighted by atomic mass is 16.4. The Kier molecular flexibility index (Phi) is 36.5. The van der Waals surface area contributed by atoms with Crippen molar-refractivity contribution < 1.29 is 19.8 Å². The lowest BCUT2D eigenvalue weighted by Crippen LogP contribution is -1.94. The SMILES string of the molecule is CCCCCCCC.CCCCCCCC.O=C(O)CCCCCCCCC(=O)O. The topological polar surface area (TPSA) is 74.6 Å². The molecule has 0 aromatic heterocycles. The molecule has 0 unspecified atom stereocenters. The Hall–Kier alpha value is -1.06. The lowest BCUT2D eigenvalue weighted by molar-refractivity contribution is -0.138. The molecule has 0 saturated carbocycles. The highest BCUT2D eigenvalue weighted by Crippen LogP contribution is 2.08. The van der Waals surface area contributed by atoms with Gasteiger partial charge in [0, 0.05) is 12.8 Å². The third-order valence-corrected chi connectivity index (χ3v) is 4.95. The van der Waals surface area contributed by atoms with Gasteiger partial charge in [0.05, 0.1) is 0 Å². The highest BCUT2D eigenvalue weighted by Gasteiger charge is 1.98. The number of rotatable bonds is 19. The van der Waals surface area contributed by atoms with E-state index in [1.54, 1.807) is 0 Å². The van der Waals surface area contributed by atoms with Crippen molar-refractivity contribution in [1.82, 2.24) is 0 Å². The third-order valence-electron chi connectivity index (χ3n) is 4.95. The Bertz CT molecular complexity index is 285. The van der Waals surface area contributed by atoms with E-state index in [4.69, 9.17) is 10.2 Å². The molecule has 182 valence electrons. The molecule has 0 amide bonds. The molecule has 0 fully saturated rings. The first-order chi connectivity index (χ1) is 14.5. The Morgan fingerprint density at radius 1 is 0.400 bits per heavy atom. The van der Waals surface area contributed by atoms with E-state index in [0.29, 0.717) is 0 Å². The number of unbranched alkanes of at least 4 members (excludes halogenated alkanes) is 15. The molecule has 0 spiro atoms. The maximum Gasteiger partial charge on any atom is 0.303 e. The largest absolute Gasteiger partial charge is 0.481 e. The van der Waals surface area contributed by atoms with E-state index < -0.39 is 11.9 Å². The summed E-state index contributed by atoms with van der Waals surface area (Å²) >= 11 is 0. The molecule has 4 heteroatoms. The summed E-state index contributed by atoms with van der Waals surface area (Å²) in [6, 6.07) is 0. The molecule has 4 nitrogen and oxygen atoms in total. The molecule has 0 heterocycles. The minimum absolute atomic E-state index is 0.245. The summed E-state index contributed by atoms with van der Waals surface area (Å²) in [4.78, 5) is 20.3. The van der Waals surface area contributed by atoms with Crippen molar-refractivity contribution in [3.63, 3.8) is 0 Å². The van der Waals surface area contributed by atoms with Crippen molar-refractivity contribution in [1.29, 1.82) is 0 Å². The van der Waals surface area contributed by atoms with Crippen LogP contribution in [0.15, 0.2) is 0 Å². The molecule has 0 aliphatic carbocycles. The van der Waals surface area contributed by atoms with Crippen LogP contribution >= 0.6 is 0 Å². The molecular weight excluding hydrogens is 376 g/mol. The molecule has 30 heavy (non-hydrogen) atoms. The van der Waals surface area contributed by atoms with Gasteiger partial charge in [-0.05, 0) is 12.8 Å². The molecular formula is C26H54O4. The van der Waals surface area contributed by atoms with Crippen LogP contribution in [0.25, 0.3) is 0 Å². The number of carbonyl (C=O) groups is 2. The van der Waals surface area contributed by atoms with Crippen molar-refractivity contribution in [3.8, 4) is 0 Å². The lowest BCUT2D eigenvalue weighted by Gasteiger charge is -1.98. The Morgan fingerprint density at radius 3 is 0.800 bits per heavy atom. The fourth-order valence-electron chi connectivity index (χ4n) is 2.97. The fourth-order valence-corrected chi connectivity index (χ4v) is 2.97. The average molecular weight is 431 g/mol. The summed E-state index contributed by atoms with van der Waals surface area (Å²) in [5, 5.41) is 16.7. The van der Waals surface area contributed by atoms with E-state index in [2.05, 4.69) is 27.7 Å². The monoisotopic (exact) mass is 430 g/mol. The van der Waals surface area contributed by atoms with E-state index in [9.17, 15) is 9.59 Å². The van der Waals surface area contributed by atoms with Gasteiger partial charge in [-0.25, -0.2) is 0 Å². The van der Waals surface area contributed by atoms with Crippen LogP contribution in [0, 0.1) is 0 Å². The van der Waals surface area contributed by atoms with Crippen LogP contribution in [0.3, 0.4) is 0 Å². The minimum atomic E-state index is -0.740. The zero-order chi connectivity index (χ0) is 23.3. The van der Waals surface area contributed by atoms with Gasteiger partial charge in [0.1, 0.15) is 0 Å². The van der Waals surface area contributed by atoms with Gasteiger partial charge in [0.15, 0.2) is 0 Å². The van der Waals surface area contributed by atoms with Crippen LogP contribution < -0.4 is 0 Å². The number of carboxylic acid groups (broad SMARTS) is 2. The molecule has 0 rings (SSSR count). The normalized spacial score (nSPS) is 9.87. The summed E-state index contributed by atoms with van der Waals surface area (Å²) < 4.78 is 0. The second-order valence-electron chi connectivity index (χ2n) is 8.24. The van der Waals surface area contributed by atoms with E-state index in [0.717, 1.165) is 38.5 Å². The smallest absolute Gasteiger partial charge is 0.303 e. The van der Waals surface area contributed by atoms with Crippen LogP contribution in [-0.2, 0) is 9.59 Å². The van der Waals surface area contributed by atoms with Gasteiger partial charge >= 0.3 is 11.9 Å². The maximum atomic E-state index is 10.1. The van der Waals surface area contributed by atoms with Crippen molar-refractivity contribution >= 4 is 11.9 Å². The van der Waals surface area contributed by atoms with Crippen LogP contribution in [-0.4, -0.2) is 22.2 Å². The zero-order valence-corrected chi connectivity index (χ0v) is 20.9. The van der Waals surface area contributed by atoms with E-state index in [-0.39, 0.29) is 12.8 Å².